The van der Waals surface area contributed by atoms with Crippen molar-refractivity contribution in [2.45, 2.75) is 13.3 Å². The third kappa shape index (κ3) is 1.74. The molecule has 2 heteroatoms. The van der Waals surface area contributed by atoms with Gasteiger partial charge >= 0.3 is 0 Å². The Kier molecular flexibility index (Phi) is 2.73. The van der Waals surface area contributed by atoms with Crippen LogP contribution in [0.25, 0.3) is 33.0 Å². The van der Waals surface area contributed by atoms with Crippen LogP contribution in [0, 0.1) is 0 Å². The van der Waals surface area contributed by atoms with Crippen molar-refractivity contribution in [2.24, 2.45) is 0 Å². The number of hydrogen-bond donors (Lipinski definition) is 0. The molecule has 0 bridgehead atoms. The van der Waals surface area contributed by atoms with Gasteiger partial charge in [0.15, 0.2) is 5.78 Å². The number of rotatable bonds is 3. The molecule has 0 fully saturated rings. The van der Waals surface area contributed by atoms with Crippen LogP contribution in [0.5, 0.6) is 0 Å². The quantitative estimate of drug-likeness (QED) is 0.406. The average Bonchev–Trinajstić information content (AvgIpc) is 2.84. The molecular formula is C20H14O2. The first-order chi connectivity index (χ1) is 10.7. The molecule has 0 heterocycles. The Labute approximate surface area is 128 Å². The van der Waals surface area contributed by atoms with Gasteiger partial charge in [0.05, 0.1) is 6.42 Å². The van der Waals surface area contributed by atoms with E-state index >= 15 is 0 Å². The number of carbonyl (C=O) groups excluding carboxylic acids is 2. The number of benzene rings is 3. The van der Waals surface area contributed by atoms with Crippen molar-refractivity contribution >= 4 is 22.3 Å². The van der Waals surface area contributed by atoms with Gasteiger partial charge in [-0.2, -0.15) is 0 Å². The number of Topliss-reactive ketones (excluding diaryl/α,β-unsaturated/α-hetero) is 2. The van der Waals surface area contributed by atoms with E-state index in [0.717, 1.165) is 10.8 Å². The first kappa shape index (κ1) is 13.0. The van der Waals surface area contributed by atoms with E-state index in [4.69, 9.17) is 0 Å². The molecule has 0 saturated heterocycles. The molecule has 1 aliphatic rings. The molecule has 0 radical (unpaired) electrons. The molecule has 0 atom stereocenters. The van der Waals surface area contributed by atoms with Crippen LogP contribution >= 0.6 is 0 Å². The van der Waals surface area contributed by atoms with Gasteiger partial charge in [-0.3, -0.25) is 9.59 Å². The molecule has 3 aromatic rings. The zero-order chi connectivity index (χ0) is 15.3. The summed E-state index contributed by atoms with van der Waals surface area (Å²) < 4.78 is 0. The number of hydrogen-bond acceptors (Lipinski definition) is 2. The third-order valence-electron chi connectivity index (χ3n) is 4.26. The maximum absolute atomic E-state index is 12.4. The van der Waals surface area contributed by atoms with Gasteiger partial charge in [0.25, 0.3) is 0 Å². The zero-order valence-electron chi connectivity index (χ0n) is 12.2. The first-order valence-electron chi connectivity index (χ1n) is 7.35. The van der Waals surface area contributed by atoms with Crippen LogP contribution in [-0.2, 0) is 4.79 Å². The van der Waals surface area contributed by atoms with Gasteiger partial charge in [0.2, 0.25) is 0 Å². The fourth-order valence-electron chi connectivity index (χ4n) is 3.37. The van der Waals surface area contributed by atoms with Crippen molar-refractivity contribution in [1.82, 2.24) is 0 Å². The van der Waals surface area contributed by atoms with E-state index in [9.17, 15) is 9.59 Å². The van der Waals surface area contributed by atoms with Crippen molar-refractivity contribution in [1.29, 1.82) is 0 Å². The highest BCUT2D eigenvalue weighted by Crippen LogP contribution is 2.47. The Bertz CT molecular complexity index is 922. The summed E-state index contributed by atoms with van der Waals surface area (Å²) in [7, 11) is 0. The highest BCUT2D eigenvalue weighted by Gasteiger charge is 2.23. The lowest BCUT2D eigenvalue weighted by Crippen LogP contribution is -2.05. The smallest absolute Gasteiger partial charge is 0.170 e. The summed E-state index contributed by atoms with van der Waals surface area (Å²) in [5, 5.41) is 2.07. The van der Waals surface area contributed by atoms with Crippen molar-refractivity contribution in [3.63, 3.8) is 0 Å². The minimum absolute atomic E-state index is 0.0361. The second kappa shape index (κ2) is 4.63. The van der Waals surface area contributed by atoms with Crippen molar-refractivity contribution in [3.05, 3.63) is 60.2 Å². The van der Waals surface area contributed by atoms with Crippen LogP contribution < -0.4 is 0 Å². The SMILES string of the molecule is CC(=O)CC(=O)c1ccc2c3c(cccc13)-c1ccccc1-2. The van der Waals surface area contributed by atoms with Gasteiger partial charge < -0.3 is 0 Å². The van der Waals surface area contributed by atoms with Crippen molar-refractivity contribution in [3.8, 4) is 22.3 Å². The molecule has 106 valence electrons. The van der Waals surface area contributed by atoms with Crippen LogP contribution in [0.1, 0.15) is 23.7 Å². The highest BCUT2D eigenvalue weighted by atomic mass is 16.1. The second-order valence-corrected chi connectivity index (χ2v) is 5.74. The molecule has 0 saturated carbocycles. The van der Waals surface area contributed by atoms with Gasteiger partial charge in [-0.15, -0.1) is 0 Å². The van der Waals surface area contributed by atoms with Crippen LogP contribution in [-0.4, -0.2) is 11.6 Å². The fourth-order valence-corrected chi connectivity index (χ4v) is 3.37. The standard InChI is InChI=1S/C20H14O2/c1-12(21)11-19(22)15-9-10-18-14-6-3-2-5-13(14)16-7-4-8-17(15)20(16)18/h2-10H,11H2,1H3. The summed E-state index contributed by atoms with van der Waals surface area (Å²) >= 11 is 0. The van der Waals surface area contributed by atoms with E-state index in [-0.39, 0.29) is 18.0 Å². The molecule has 0 aliphatic heterocycles. The van der Waals surface area contributed by atoms with Gasteiger partial charge in [-0.1, -0.05) is 54.6 Å². The van der Waals surface area contributed by atoms with E-state index in [1.54, 1.807) is 0 Å². The van der Waals surface area contributed by atoms with Gasteiger partial charge in [0, 0.05) is 5.56 Å². The maximum atomic E-state index is 12.4. The van der Waals surface area contributed by atoms with Crippen LogP contribution in [0.15, 0.2) is 54.6 Å². The lowest BCUT2D eigenvalue weighted by molar-refractivity contribution is -0.116. The van der Waals surface area contributed by atoms with Crippen LogP contribution in [0.3, 0.4) is 0 Å². The van der Waals surface area contributed by atoms with Crippen molar-refractivity contribution < 1.29 is 9.59 Å². The summed E-state index contributed by atoms with van der Waals surface area (Å²) in [5.41, 5.74) is 5.39. The largest absolute Gasteiger partial charge is 0.300 e. The van der Waals surface area contributed by atoms with Gasteiger partial charge in [0.1, 0.15) is 5.78 Å². The molecule has 3 aromatic carbocycles. The fraction of sp³-hybridized carbons (Fsp3) is 0.100. The van der Waals surface area contributed by atoms with E-state index in [0.29, 0.717) is 5.56 Å². The maximum Gasteiger partial charge on any atom is 0.170 e. The minimum Gasteiger partial charge on any atom is -0.300 e. The van der Waals surface area contributed by atoms with Crippen molar-refractivity contribution in [2.75, 3.05) is 0 Å². The summed E-state index contributed by atoms with van der Waals surface area (Å²) in [6.07, 6.45) is -0.0361. The summed E-state index contributed by atoms with van der Waals surface area (Å²) in [4.78, 5) is 23.6. The summed E-state index contributed by atoms with van der Waals surface area (Å²) in [5.74, 6) is -0.205. The minimum atomic E-state index is -0.104. The molecule has 0 N–H and O–H groups in total. The topological polar surface area (TPSA) is 34.1 Å². The van der Waals surface area contributed by atoms with E-state index in [2.05, 4.69) is 18.2 Å². The van der Waals surface area contributed by atoms with E-state index in [1.807, 2.05) is 36.4 Å². The average molecular weight is 286 g/mol. The number of ketones is 2. The van der Waals surface area contributed by atoms with E-state index < -0.39 is 0 Å². The number of fused-ring (bicyclic) bond motifs is 3. The van der Waals surface area contributed by atoms with Crippen LogP contribution in [0.2, 0.25) is 0 Å². The zero-order valence-corrected chi connectivity index (χ0v) is 12.2. The van der Waals surface area contributed by atoms with E-state index in [1.165, 1.54) is 29.2 Å². The highest BCUT2D eigenvalue weighted by molar-refractivity contribution is 6.22. The Morgan fingerprint density at radius 2 is 1.41 bits per heavy atom. The molecule has 2 nitrogen and oxygen atoms in total. The summed E-state index contributed by atoms with van der Waals surface area (Å²) in [6, 6.07) is 18.2. The second-order valence-electron chi connectivity index (χ2n) is 5.74. The predicted octanol–water partition coefficient (Wildman–Crippen LogP) is 4.65. The summed E-state index contributed by atoms with van der Waals surface area (Å²) in [6.45, 7) is 1.45. The Morgan fingerprint density at radius 3 is 2.09 bits per heavy atom. The Balaban J connectivity index is 2.02. The third-order valence-corrected chi connectivity index (χ3v) is 4.26. The Morgan fingerprint density at radius 1 is 0.773 bits per heavy atom. The monoisotopic (exact) mass is 286 g/mol. The predicted molar refractivity (Wildman–Crippen MR) is 88.0 cm³/mol. The molecule has 0 amide bonds. The first-order valence-corrected chi connectivity index (χ1v) is 7.35. The molecule has 0 aromatic heterocycles. The molecule has 0 unspecified atom stereocenters. The lowest BCUT2D eigenvalue weighted by Gasteiger charge is -2.07. The number of carbonyl (C=O) groups is 2. The molecule has 0 spiro atoms. The molecular weight excluding hydrogens is 272 g/mol. The van der Waals surface area contributed by atoms with Crippen LogP contribution in [0.4, 0.5) is 0 Å². The molecule has 1 aliphatic carbocycles. The Hall–Kier alpha value is -2.74. The molecule has 4 rings (SSSR count). The normalized spacial score (nSPS) is 11.5. The molecule has 22 heavy (non-hydrogen) atoms. The van der Waals surface area contributed by atoms with Gasteiger partial charge in [-0.25, -0.2) is 0 Å². The lowest BCUT2D eigenvalue weighted by atomic mass is 9.95. The van der Waals surface area contributed by atoms with Gasteiger partial charge in [-0.05, 0) is 39.9 Å².